The number of carbonyl (C=O) groups excluding carboxylic acids is 1. The molecule has 3 aromatic rings. The van der Waals surface area contributed by atoms with Gasteiger partial charge in [0.25, 0.3) is 0 Å². The first kappa shape index (κ1) is 15.2. The quantitative estimate of drug-likeness (QED) is 0.744. The monoisotopic (exact) mass is 308 g/mol. The zero-order valence-electron chi connectivity index (χ0n) is 13.7. The van der Waals surface area contributed by atoms with E-state index in [0.717, 1.165) is 27.8 Å². The Morgan fingerprint density at radius 2 is 1.96 bits per heavy atom. The number of aryl methyl sites for hydroxylation is 2. The van der Waals surface area contributed by atoms with Crippen LogP contribution in [0.4, 0.5) is 5.69 Å². The van der Waals surface area contributed by atoms with Gasteiger partial charge in [-0.3, -0.25) is 4.79 Å². The maximum atomic E-state index is 12.8. The van der Waals surface area contributed by atoms with E-state index in [1.807, 2.05) is 51.1 Å². The van der Waals surface area contributed by atoms with Crippen molar-refractivity contribution in [3.8, 4) is 0 Å². The van der Waals surface area contributed by atoms with Crippen LogP contribution in [0.3, 0.4) is 0 Å². The molecule has 0 bridgehead atoms. The number of hydrogen-bond donors (Lipinski definition) is 0. The summed E-state index contributed by atoms with van der Waals surface area (Å²) >= 11 is 0. The lowest BCUT2D eigenvalue weighted by Gasteiger charge is -2.23. The molecule has 23 heavy (non-hydrogen) atoms. The minimum Gasteiger partial charge on any atom is -0.311 e. The lowest BCUT2D eigenvalue weighted by Crippen LogP contribution is -2.34. The zero-order chi connectivity index (χ0) is 16.4. The smallest absolute Gasteiger partial charge is 0.248 e. The third kappa shape index (κ3) is 2.95. The molecule has 5 heteroatoms. The lowest BCUT2D eigenvalue weighted by molar-refractivity contribution is -0.119. The van der Waals surface area contributed by atoms with E-state index in [0.29, 0.717) is 6.54 Å². The number of likely N-dealkylation sites (N-methyl/N-ethyl adjacent to an activating group) is 1. The first-order chi connectivity index (χ1) is 11.1. The molecule has 2 aromatic carbocycles. The number of amides is 1. The number of nitrogens with zero attached hydrogens (tertiary/aromatic N) is 4. The maximum Gasteiger partial charge on any atom is 0.248 e. The molecule has 0 unspecified atom stereocenters. The Labute approximate surface area is 135 Å². The number of aromatic nitrogens is 3. The van der Waals surface area contributed by atoms with Gasteiger partial charge in [-0.1, -0.05) is 29.5 Å². The SMILES string of the molecule is CCN(C(=O)Cn1nnc2ccccc21)c1cc(C)ccc1C. The Hall–Kier alpha value is -2.69. The third-order valence-corrected chi connectivity index (χ3v) is 3.98. The Morgan fingerprint density at radius 1 is 1.17 bits per heavy atom. The van der Waals surface area contributed by atoms with Gasteiger partial charge in [0.15, 0.2) is 0 Å². The molecule has 1 aromatic heterocycles. The number of hydrogen-bond acceptors (Lipinski definition) is 3. The van der Waals surface area contributed by atoms with Crippen molar-refractivity contribution < 1.29 is 4.79 Å². The van der Waals surface area contributed by atoms with E-state index in [2.05, 4.69) is 22.4 Å². The summed E-state index contributed by atoms with van der Waals surface area (Å²) in [5.74, 6) is 0.0110. The van der Waals surface area contributed by atoms with Crippen LogP contribution in [0.1, 0.15) is 18.1 Å². The van der Waals surface area contributed by atoms with Crippen LogP contribution in [0.15, 0.2) is 42.5 Å². The van der Waals surface area contributed by atoms with Gasteiger partial charge in [0, 0.05) is 12.2 Å². The Bertz CT molecular complexity index is 853. The molecular formula is C18H20N4O. The summed E-state index contributed by atoms with van der Waals surface area (Å²) in [7, 11) is 0. The predicted octanol–water partition coefficient (Wildman–Crippen LogP) is 3.10. The average Bonchev–Trinajstić information content (AvgIpc) is 2.95. The second kappa shape index (κ2) is 6.20. The highest BCUT2D eigenvalue weighted by Gasteiger charge is 2.18. The molecule has 0 atom stereocenters. The normalized spacial score (nSPS) is 10.9. The fraction of sp³-hybridized carbons (Fsp3) is 0.278. The molecule has 0 N–H and O–H groups in total. The van der Waals surface area contributed by atoms with Crippen molar-refractivity contribution in [2.45, 2.75) is 27.3 Å². The highest BCUT2D eigenvalue weighted by atomic mass is 16.2. The van der Waals surface area contributed by atoms with Gasteiger partial charge in [-0.25, -0.2) is 4.68 Å². The van der Waals surface area contributed by atoms with E-state index in [4.69, 9.17) is 0 Å². The van der Waals surface area contributed by atoms with Gasteiger partial charge in [-0.15, -0.1) is 5.10 Å². The zero-order valence-corrected chi connectivity index (χ0v) is 13.7. The molecule has 0 radical (unpaired) electrons. The van der Waals surface area contributed by atoms with Crippen molar-refractivity contribution in [1.82, 2.24) is 15.0 Å². The molecule has 0 aliphatic carbocycles. The number of para-hydroxylation sites is 1. The van der Waals surface area contributed by atoms with E-state index in [1.54, 1.807) is 9.58 Å². The number of fused-ring (bicyclic) bond motifs is 1. The molecule has 0 fully saturated rings. The van der Waals surface area contributed by atoms with E-state index in [9.17, 15) is 4.79 Å². The van der Waals surface area contributed by atoms with Crippen LogP contribution in [0.5, 0.6) is 0 Å². The second-order valence-corrected chi connectivity index (χ2v) is 5.66. The van der Waals surface area contributed by atoms with Crippen LogP contribution in [0.2, 0.25) is 0 Å². The van der Waals surface area contributed by atoms with E-state index in [-0.39, 0.29) is 12.5 Å². The maximum absolute atomic E-state index is 12.8. The third-order valence-electron chi connectivity index (χ3n) is 3.98. The lowest BCUT2D eigenvalue weighted by atomic mass is 10.1. The molecular weight excluding hydrogens is 288 g/mol. The van der Waals surface area contributed by atoms with Gasteiger partial charge < -0.3 is 4.90 Å². The summed E-state index contributed by atoms with van der Waals surface area (Å²) in [5, 5.41) is 8.21. The second-order valence-electron chi connectivity index (χ2n) is 5.66. The highest BCUT2D eigenvalue weighted by Crippen LogP contribution is 2.22. The number of rotatable bonds is 4. The molecule has 5 nitrogen and oxygen atoms in total. The highest BCUT2D eigenvalue weighted by molar-refractivity contribution is 5.94. The summed E-state index contributed by atoms with van der Waals surface area (Å²) in [6.07, 6.45) is 0. The van der Waals surface area contributed by atoms with Gasteiger partial charge in [-0.05, 0) is 50.1 Å². The van der Waals surface area contributed by atoms with Crippen molar-refractivity contribution in [3.63, 3.8) is 0 Å². The standard InChI is InChI=1S/C18H20N4O/c1-4-21(17-11-13(2)9-10-14(17)3)18(23)12-22-16-8-6-5-7-15(16)19-20-22/h5-11H,4,12H2,1-3H3. The number of benzene rings is 2. The van der Waals surface area contributed by atoms with Crippen molar-refractivity contribution in [1.29, 1.82) is 0 Å². The molecule has 0 saturated heterocycles. The minimum absolute atomic E-state index is 0.0110. The largest absolute Gasteiger partial charge is 0.311 e. The molecule has 0 aliphatic heterocycles. The molecule has 3 rings (SSSR count). The molecule has 0 spiro atoms. The van der Waals surface area contributed by atoms with Crippen molar-refractivity contribution in [3.05, 3.63) is 53.6 Å². The fourth-order valence-electron chi connectivity index (χ4n) is 2.74. The predicted molar refractivity (Wildman–Crippen MR) is 91.5 cm³/mol. The summed E-state index contributed by atoms with van der Waals surface area (Å²) in [6, 6.07) is 13.8. The Kier molecular flexibility index (Phi) is 4.10. The van der Waals surface area contributed by atoms with Gasteiger partial charge in [-0.2, -0.15) is 0 Å². The topological polar surface area (TPSA) is 51.0 Å². The first-order valence-electron chi connectivity index (χ1n) is 7.76. The van der Waals surface area contributed by atoms with Crippen LogP contribution >= 0.6 is 0 Å². The molecule has 0 saturated carbocycles. The Balaban J connectivity index is 1.90. The fourth-order valence-corrected chi connectivity index (χ4v) is 2.74. The van der Waals surface area contributed by atoms with Crippen LogP contribution in [0.25, 0.3) is 11.0 Å². The van der Waals surface area contributed by atoms with Crippen molar-refractivity contribution in [2.24, 2.45) is 0 Å². The first-order valence-corrected chi connectivity index (χ1v) is 7.76. The van der Waals surface area contributed by atoms with E-state index >= 15 is 0 Å². The van der Waals surface area contributed by atoms with Crippen LogP contribution in [-0.4, -0.2) is 27.4 Å². The molecule has 0 aliphatic rings. The summed E-state index contributed by atoms with van der Waals surface area (Å²) in [5.41, 5.74) is 4.87. The van der Waals surface area contributed by atoms with Crippen molar-refractivity contribution in [2.75, 3.05) is 11.4 Å². The minimum atomic E-state index is 0.0110. The summed E-state index contributed by atoms with van der Waals surface area (Å²) in [6.45, 7) is 6.85. The van der Waals surface area contributed by atoms with Crippen LogP contribution < -0.4 is 4.90 Å². The Morgan fingerprint density at radius 3 is 2.74 bits per heavy atom. The van der Waals surface area contributed by atoms with Gasteiger partial charge >= 0.3 is 0 Å². The van der Waals surface area contributed by atoms with E-state index in [1.165, 1.54) is 0 Å². The molecule has 1 amide bonds. The van der Waals surface area contributed by atoms with Crippen LogP contribution in [-0.2, 0) is 11.3 Å². The molecule has 118 valence electrons. The van der Waals surface area contributed by atoms with E-state index < -0.39 is 0 Å². The van der Waals surface area contributed by atoms with Crippen molar-refractivity contribution >= 4 is 22.6 Å². The van der Waals surface area contributed by atoms with Gasteiger partial charge in [0.1, 0.15) is 12.1 Å². The summed E-state index contributed by atoms with van der Waals surface area (Å²) < 4.78 is 1.66. The van der Waals surface area contributed by atoms with Crippen LogP contribution in [0, 0.1) is 13.8 Å². The summed E-state index contributed by atoms with van der Waals surface area (Å²) in [4.78, 5) is 14.6. The van der Waals surface area contributed by atoms with Gasteiger partial charge in [0.05, 0.1) is 5.52 Å². The van der Waals surface area contributed by atoms with Gasteiger partial charge in [0.2, 0.25) is 5.91 Å². The average molecular weight is 308 g/mol. The number of carbonyl (C=O) groups is 1. The number of anilines is 1. The molecule has 1 heterocycles.